The molecule has 0 spiro atoms. The third kappa shape index (κ3) is 4.94. The van der Waals surface area contributed by atoms with Crippen LogP contribution in [0, 0.1) is 0 Å². The van der Waals surface area contributed by atoms with Crippen molar-refractivity contribution in [1.82, 2.24) is 4.90 Å². The number of hydrogen-bond acceptors (Lipinski definition) is 3. The van der Waals surface area contributed by atoms with Crippen LogP contribution in [-0.4, -0.2) is 38.4 Å². The number of ether oxygens (including phenoxy) is 1. The van der Waals surface area contributed by atoms with Gasteiger partial charge in [0.1, 0.15) is 12.0 Å². The van der Waals surface area contributed by atoms with Crippen LogP contribution in [0.1, 0.15) is 12.0 Å². The van der Waals surface area contributed by atoms with E-state index in [0.29, 0.717) is 6.42 Å². The Morgan fingerprint density at radius 1 is 1.25 bits per heavy atom. The number of aldehydes is 1. The molecule has 0 amide bonds. The van der Waals surface area contributed by atoms with Crippen LogP contribution < -0.4 is 4.74 Å². The molecule has 0 atom stereocenters. The van der Waals surface area contributed by atoms with Crippen LogP contribution >= 0.6 is 0 Å². The minimum atomic E-state index is 0.473. The second kappa shape index (κ2) is 7.01. The predicted molar refractivity (Wildman–Crippen MR) is 64.9 cm³/mol. The zero-order valence-electron chi connectivity index (χ0n) is 9.98. The molecule has 16 heavy (non-hydrogen) atoms. The second-order valence-corrected chi connectivity index (χ2v) is 4.02. The van der Waals surface area contributed by atoms with Crippen LogP contribution in [0.2, 0.25) is 0 Å². The summed E-state index contributed by atoms with van der Waals surface area (Å²) in [4.78, 5) is 12.4. The molecule has 0 saturated heterocycles. The van der Waals surface area contributed by atoms with Gasteiger partial charge >= 0.3 is 0 Å². The van der Waals surface area contributed by atoms with Gasteiger partial charge in [-0.05, 0) is 38.2 Å². The van der Waals surface area contributed by atoms with E-state index in [4.69, 9.17) is 4.74 Å². The number of carbonyl (C=O) groups is 1. The van der Waals surface area contributed by atoms with E-state index in [1.807, 2.05) is 38.4 Å². The van der Waals surface area contributed by atoms with Crippen molar-refractivity contribution in [1.29, 1.82) is 0 Å². The lowest BCUT2D eigenvalue weighted by Gasteiger charge is -2.10. The molecule has 88 valence electrons. The third-order valence-electron chi connectivity index (χ3n) is 2.26. The molecule has 0 bridgehead atoms. The number of nitrogens with zero attached hydrogens (tertiary/aromatic N) is 1. The summed E-state index contributed by atoms with van der Waals surface area (Å²) in [6, 6.07) is 7.67. The van der Waals surface area contributed by atoms with Gasteiger partial charge in [-0.1, -0.05) is 12.1 Å². The van der Waals surface area contributed by atoms with Crippen LogP contribution in [0.15, 0.2) is 24.3 Å². The van der Waals surface area contributed by atoms with E-state index in [1.165, 1.54) is 0 Å². The van der Waals surface area contributed by atoms with Crippen LogP contribution in [0.25, 0.3) is 0 Å². The van der Waals surface area contributed by atoms with Crippen molar-refractivity contribution in [2.24, 2.45) is 0 Å². The smallest absolute Gasteiger partial charge is 0.124 e. The van der Waals surface area contributed by atoms with Crippen molar-refractivity contribution < 1.29 is 9.53 Å². The predicted octanol–water partition coefficient (Wildman–Crippen LogP) is 1.76. The lowest BCUT2D eigenvalue weighted by molar-refractivity contribution is -0.107. The lowest BCUT2D eigenvalue weighted by atomic mass is 10.2. The molecule has 3 nitrogen and oxygen atoms in total. The molecule has 0 aliphatic rings. The molecule has 0 fully saturated rings. The fraction of sp³-hybridized carbons (Fsp3) is 0.462. The topological polar surface area (TPSA) is 29.5 Å². The van der Waals surface area contributed by atoms with Crippen LogP contribution in [0.4, 0.5) is 0 Å². The van der Waals surface area contributed by atoms with Gasteiger partial charge in [-0.25, -0.2) is 0 Å². The number of hydrogen-bond donors (Lipinski definition) is 0. The Balaban J connectivity index is 2.29. The highest BCUT2D eigenvalue weighted by Crippen LogP contribution is 2.12. The molecule has 0 aromatic heterocycles. The van der Waals surface area contributed by atoms with Crippen molar-refractivity contribution in [2.45, 2.75) is 12.8 Å². The van der Waals surface area contributed by atoms with E-state index in [9.17, 15) is 4.79 Å². The normalized spacial score (nSPS) is 10.4. The van der Waals surface area contributed by atoms with E-state index in [2.05, 4.69) is 4.90 Å². The molecule has 1 aromatic rings. The minimum absolute atomic E-state index is 0.473. The molecule has 0 aliphatic carbocycles. The van der Waals surface area contributed by atoms with Crippen molar-refractivity contribution in [3.05, 3.63) is 29.8 Å². The molecule has 0 saturated carbocycles. The van der Waals surface area contributed by atoms with Crippen molar-refractivity contribution >= 4 is 6.29 Å². The standard InChI is InChI=1S/C13H19NO2/c1-14(2)9-3-11-16-13-6-4-12(5-7-13)8-10-15/h4-7,10H,3,8-9,11H2,1-2H3. The average molecular weight is 221 g/mol. The summed E-state index contributed by atoms with van der Waals surface area (Å²) < 4.78 is 5.57. The number of benzene rings is 1. The first-order chi connectivity index (χ1) is 7.72. The molecule has 0 N–H and O–H groups in total. The average Bonchev–Trinajstić information content (AvgIpc) is 2.27. The maximum atomic E-state index is 10.3. The number of rotatable bonds is 7. The summed E-state index contributed by atoms with van der Waals surface area (Å²) in [6.07, 6.45) is 2.40. The van der Waals surface area contributed by atoms with Gasteiger partial charge < -0.3 is 14.4 Å². The van der Waals surface area contributed by atoms with Gasteiger partial charge in [0.2, 0.25) is 0 Å². The van der Waals surface area contributed by atoms with Crippen molar-refractivity contribution in [3.63, 3.8) is 0 Å². The number of carbonyl (C=O) groups excluding carboxylic acids is 1. The zero-order valence-corrected chi connectivity index (χ0v) is 9.98. The summed E-state index contributed by atoms with van der Waals surface area (Å²) in [5.74, 6) is 0.869. The molecular formula is C13H19NO2. The maximum Gasteiger partial charge on any atom is 0.124 e. The summed E-state index contributed by atoms with van der Waals surface area (Å²) in [7, 11) is 4.10. The Kier molecular flexibility index (Phi) is 5.57. The largest absolute Gasteiger partial charge is 0.494 e. The van der Waals surface area contributed by atoms with Gasteiger partial charge in [-0.2, -0.15) is 0 Å². The third-order valence-corrected chi connectivity index (χ3v) is 2.26. The van der Waals surface area contributed by atoms with Crippen molar-refractivity contribution in [3.8, 4) is 5.75 Å². The molecule has 3 heteroatoms. The van der Waals surface area contributed by atoms with Crippen LogP contribution in [0.3, 0.4) is 0 Å². The monoisotopic (exact) mass is 221 g/mol. The fourth-order valence-corrected chi connectivity index (χ4v) is 1.39. The Bertz CT molecular complexity index is 306. The van der Waals surface area contributed by atoms with Crippen LogP contribution in [-0.2, 0) is 11.2 Å². The van der Waals surface area contributed by atoms with Gasteiger partial charge in [0.25, 0.3) is 0 Å². The van der Waals surface area contributed by atoms with Gasteiger partial charge in [0.05, 0.1) is 6.61 Å². The summed E-state index contributed by atoms with van der Waals surface area (Å²) in [5, 5.41) is 0. The minimum Gasteiger partial charge on any atom is -0.494 e. The first kappa shape index (κ1) is 12.7. The van der Waals surface area contributed by atoms with Gasteiger partial charge in [0.15, 0.2) is 0 Å². The van der Waals surface area contributed by atoms with Crippen LogP contribution in [0.5, 0.6) is 5.75 Å². The Morgan fingerprint density at radius 3 is 2.50 bits per heavy atom. The molecule has 1 rings (SSSR count). The molecular weight excluding hydrogens is 202 g/mol. The Hall–Kier alpha value is -1.35. The van der Waals surface area contributed by atoms with E-state index < -0.39 is 0 Å². The highest BCUT2D eigenvalue weighted by atomic mass is 16.5. The van der Waals surface area contributed by atoms with E-state index in [0.717, 1.165) is 37.2 Å². The quantitative estimate of drug-likeness (QED) is 0.519. The molecule has 0 unspecified atom stereocenters. The maximum absolute atomic E-state index is 10.3. The first-order valence-electron chi connectivity index (χ1n) is 5.52. The van der Waals surface area contributed by atoms with Gasteiger partial charge in [0, 0.05) is 13.0 Å². The zero-order chi connectivity index (χ0) is 11.8. The van der Waals surface area contributed by atoms with E-state index in [-0.39, 0.29) is 0 Å². The SMILES string of the molecule is CN(C)CCCOc1ccc(CC=O)cc1. The van der Waals surface area contributed by atoms with E-state index >= 15 is 0 Å². The summed E-state index contributed by atoms with van der Waals surface area (Å²) >= 11 is 0. The molecule has 1 aromatic carbocycles. The highest BCUT2D eigenvalue weighted by molar-refractivity contribution is 5.55. The highest BCUT2D eigenvalue weighted by Gasteiger charge is 1.96. The summed E-state index contributed by atoms with van der Waals surface area (Å²) in [5.41, 5.74) is 1.02. The first-order valence-corrected chi connectivity index (χ1v) is 5.52. The van der Waals surface area contributed by atoms with E-state index in [1.54, 1.807) is 0 Å². The lowest BCUT2D eigenvalue weighted by Crippen LogP contribution is -2.15. The fourth-order valence-electron chi connectivity index (χ4n) is 1.39. The second-order valence-electron chi connectivity index (χ2n) is 4.02. The van der Waals surface area contributed by atoms with Crippen molar-refractivity contribution in [2.75, 3.05) is 27.2 Å². The Morgan fingerprint density at radius 2 is 1.94 bits per heavy atom. The molecule has 0 heterocycles. The summed E-state index contributed by atoms with van der Waals surface area (Å²) in [6.45, 7) is 1.76. The van der Waals surface area contributed by atoms with Gasteiger partial charge in [-0.3, -0.25) is 0 Å². The van der Waals surface area contributed by atoms with Gasteiger partial charge in [-0.15, -0.1) is 0 Å². The Labute approximate surface area is 97.0 Å². The molecule has 0 aliphatic heterocycles. The molecule has 0 radical (unpaired) electrons.